The van der Waals surface area contributed by atoms with Crippen molar-refractivity contribution in [2.45, 2.75) is 64.3 Å². The van der Waals surface area contributed by atoms with Crippen molar-refractivity contribution >= 4 is 24.4 Å². The molecule has 3 N–H and O–H groups in total. The molecule has 1 atom stereocenters. The van der Waals surface area contributed by atoms with Crippen LogP contribution in [0.2, 0.25) is 0 Å². The smallest absolute Gasteiger partial charge is 0.240 e. The standard InChI is InChI=1S/C13H26N2O2S/c1-2-3-4-5-6-7-8-9-12(16)15-11(10-18)13(14)17/h11,18H,2-10H2,1H3,(H2,14,17)(H,15,16)/t11-/m0/s1. The van der Waals surface area contributed by atoms with Gasteiger partial charge in [0.05, 0.1) is 0 Å². The monoisotopic (exact) mass is 274 g/mol. The molecule has 0 aliphatic heterocycles. The largest absolute Gasteiger partial charge is 0.368 e. The first-order chi connectivity index (χ1) is 8.61. The van der Waals surface area contributed by atoms with Gasteiger partial charge in [-0.25, -0.2) is 0 Å². The van der Waals surface area contributed by atoms with Crippen LogP contribution in [0.3, 0.4) is 0 Å². The summed E-state index contributed by atoms with van der Waals surface area (Å²) >= 11 is 3.97. The van der Waals surface area contributed by atoms with Gasteiger partial charge in [0.1, 0.15) is 6.04 Å². The van der Waals surface area contributed by atoms with Crippen molar-refractivity contribution in [1.82, 2.24) is 5.32 Å². The van der Waals surface area contributed by atoms with Crippen LogP contribution in [0.5, 0.6) is 0 Å². The van der Waals surface area contributed by atoms with Gasteiger partial charge in [-0.05, 0) is 6.42 Å². The summed E-state index contributed by atoms with van der Waals surface area (Å²) < 4.78 is 0. The molecule has 0 radical (unpaired) electrons. The Labute approximate surface area is 115 Å². The highest BCUT2D eigenvalue weighted by Crippen LogP contribution is 2.08. The molecule has 2 amide bonds. The molecule has 4 nitrogen and oxygen atoms in total. The number of nitrogens with two attached hydrogens (primary N) is 1. The Morgan fingerprint density at radius 2 is 1.67 bits per heavy atom. The maximum Gasteiger partial charge on any atom is 0.240 e. The van der Waals surface area contributed by atoms with E-state index in [1.165, 1.54) is 32.1 Å². The molecule has 0 unspecified atom stereocenters. The molecule has 0 heterocycles. The molecule has 0 saturated carbocycles. The molecule has 106 valence electrons. The maximum atomic E-state index is 11.5. The molecule has 0 saturated heterocycles. The molecule has 0 bridgehead atoms. The number of carbonyl (C=O) groups is 2. The summed E-state index contributed by atoms with van der Waals surface area (Å²) in [5, 5.41) is 2.59. The van der Waals surface area contributed by atoms with Crippen molar-refractivity contribution < 1.29 is 9.59 Å². The average molecular weight is 274 g/mol. The predicted octanol–water partition coefficient (Wildman–Crippen LogP) is 2.03. The highest BCUT2D eigenvalue weighted by atomic mass is 32.1. The van der Waals surface area contributed by atoms with Gasteiger partial charge in [-0.15, -0.1) is 0 Å². The van der Waals surface area contributed by atoms with E-state index < -0.39 is 11.9 Å². The number of primary amides is 1. The van der Waals surface area contributed by atoms with Gasteiger partial charge in [0, 0.05) is 12.2 Å². The zero-order valence-corrected chi connectivity index (χ0v) is 12.2. The summed E-state index contributed by atoms with van der Waals surface area (Å²) in [7, 11) is 0. The summed E-state index contributed by atoms with van der Waals surface area (Å²) in [6.07, 6.45) is 8.66. The van der Waals surface area contributed by atoms with Gasteiger partial charge < -0.3 is 11.1 Å². The second-order valence-corrected chi connectivity index (χ2v) is 4.94. The minimum atomic E-state index is -0.648. The first-order valence-electron chi connectivity index (χ1n) is 6.81. The van der Waals surface area contributed by atoms with Crippen molar-refractivity contribution in [2.24, 2.45) is 5.73 Å². The minimum Gasteiger partial charge on any atom is -0.368 e. The SMILES string of the molecule is CCCCCCCCCC(=O)N[C@@H](CS)C(N)=O. The molecule has 0 aliphatic rings. The fourth-order valence-electron chi connectivity index (χ4n) is 1.72. The van der Waals surface area contributed by atoms with Crippen molar-refractivity contribution in [3.05, 3.63) is 0 Å². The number of carbonyl (C=O) groups excluding carboxylic acids is 2. The quantitative estimate of drug-likeness (QED) is 0.398. The van der Waals surface area contributed by atoms with E-state index in [9.17, 15) is 9.59 Å². The van der Waals surface area contributed by atoms with Crippen LogP contribution in [0.1, 0.15) is 58.3 Å². The fourth-order valence-corrected chi connectivity index (χ4v) is 1.99. The lowest BCUT2D eigenvalue weighted by Crippen LogP contribution is -2.45. The highest BCUT2D eigenvalue weighted by Gasteiger charge is 2.15. The number of unbranched alkanes of at least 4 members (excludes halogenated alkanes) is 6. The van der Waals surface area contributed by atoms with E-state index in [4.69, 9.17) is 5.73 Å². The number of thiol groups is 1. The first-order valence-corrected chi connectivity index (χ1v) is 7.44. The molecule has 0 fully saturated rings. The third-order valence-electron chi connectivity index (χ3n) is 2.87. The van der Waals surface area contributed by atoms with Gasteiger partial charge in [-0.2, -0.15) is 12.6 Å². The van der Waals surface area contributed by atoms with E-state index in [0.717, 1.165) is 12.8 Å². The first kappa shape index (κ1) is 17.3. The molecule has 5 heteroatoms. The Morgan fingerprint density at radius 1 is 1.11 bits per heavy atom. The van der Waals surface area contributed by atoms with E-state index in [-0.39, 0.29) is 11.7 Å². The zero-order chi connectivity index (χ0) is 13.8. The Kier molecular flexibility index (Phi) is 10.9. The molecular formula is C13H26N2O2S. The Bertz CT molecular complexity index is 247. The zero-order valence-electron chi connectivity index (χ0n) is 11.3. The maximum absolute atomic E-state index is 11.5. The van der Waals surface area contributed by atoms with E-state index in [0.29, 0.717) is 6.42 Å². The second-order valence-electron chi connectivity index (χ2n) is 4.58. The van der Waals surface area contributed by atoms with Crippen LogP contribution >= 0.6 is 12.6 Å². The van der Waals surface area contributed by atoms with Crippen LogP contribution in [0, 0.1) is 0 Å². The molecule has 0 spiro atoms. The second kappa shape index (κ2) is 11.4. The summed E-state index contributed by atoms with van der Waals surface area (Å²) in [4.78, 5) is 22.4. The van der Waals surface area contributed by atoms with Crippen LogP contribution in [-0.4, -0.2) is 23.6 Å². The number of hydrogen-bond donors (Lipinski definition) is 3. The van der Waals surface area contributed by atoms with E-state index in [1.54, 1.807) is 0 Å². The van der Waals surface area contributed by atoms with E-state index >= 15 is 0 Å². The van der Waals surface area contributed by atoms with Gasteiger partial charge in [0.25, 0.3) is 0 Å². The number of nitrogens with one attached hydrogen (secondary N) is 1. The lowest BCUT2D eigenvalue weighted by Gasteiger charge is -2.12. The lowest BCUT2D eigenvalue weighted by molar-refractivity contribution is -0.126. The van der Waals surface area contributed by atoms with Gasteiger partial charge in [0.2, 0.25) is 11.8 Å². The Hall–Kier alpha value is -0.710. The van der Waals surface area contributed by atoms with Crippen LogP contribution in [0.25, 0.3) is 0 Å². The average Bonchev–Trinajstić information content (AvgIpc) is 2.34. The van der Waals surface area contributed by atoms with Crippen LogP contribution in [0.15, 0.2) is 0 Å². The highest BCUT2D eigenvalue weighted by molar-refractivity contribution is 7.80. The van der Waals surface area contributed by atoms with E-state index in [2.05, 4.69) is 24.9 Å². The fraction of sp³-hybridized carbons (Fsp3) is 0.846. The van der Waals surface area contributed by atoms with Crippen molar-refractivity contribution in [2.75, 3.05) is 5.75 Å². The topological polar surface area (TPSA) is 72.2 Å². The van der Waals surface area contributed by atoms with Crippen molar-refractivity contribution in [3.8, 4) is 0 Å². The number of hydrogen-bond acceptors (Lipinski definition) is 3. The van der Waals surface area contributed by atoms with Crippen LogP contribution < -0.4 is 11.1 Å². The summed E-state index contributed by atoms with van der Waals surface area (Å²) in [6, 6.07) is -0.648. The van der Waals surface area contributed by atoms with Crippen LogP contribution in [0.4, 0.5) is 0 Å². The predicted molar refractivity (Wildman–Crippen MR) is 77.6 cm³/mol. The van der Waals surface area contributed by atoms with Crippen molar-refractivity contribution in [1.29, 1.82) is 0 Å². The summed E-state index contributed by atoms with van der Waals surface area (Å²) in [5.74, 6) is -0.391. The van der Waals surface area contributed by atoms with Gasteiger partial charge >= 0.3 is 0 Å². The van der Waals surface area contributed by atoms with Gasteiger partial charge in [-0.1, -0.05) is 45.4 Å². The molecule has 0 aliphatic carbocycles. The van der Waals surface area contributed by atoms with Crippen molar-refractivity contribution in [3.63, 3.8) is 0 Å². The van der Waals surface area contributed by atoms with Gasteiger partial charge in [0.15, 0.2) is 0 Å². The molecule has 0 rings (SSSR count). The molecular weight excluding hydrogens is 248 g/mol. The Balaban J connectivity index is 3.50. The normalized spacial score (nSPS) is 12.1. The molecule has 18 heavy (non-hydrogen) atoms. The molecule has 0 aromatic rings. The number of rotatable bonds is 11. The molecule has 0 aromatic heterocycles. The van der Waals surface area contributed by atoms with Crippen LogP contribution in [-0.2, 0) is 9.59 Å². The van der Waals surface area contributed by atoms with Gasteiger partial charge in [-0.3, -0.25) is 9.59 Å². The third-order valence-corrected chi connectivity index (χ3v) is 3.23. The lowest BCUT2D eigenvalue weighted by atomic mass is 10.1. The van der Waals surface area contributed by atoms with E-state index in [1.807, 2.05) is 0 Å². The minimum absolute atomic E-state index is 0.110. The number of amides is 2. The third kappa shape index (κ3) is 9.33. The molecule has 0 aromatic carbocycles. The Morgan fingerprint density at radius 3 is 2.17 bits per heavy atom. The summed E-state index contributed by atoms with van der Waals surface area (Å²) in [5.41, 5.74) is 5.12. The summed E-state index contributed by atoms with van der Waals surface area (Å²) in [6.45, 7) is 2.20.